The molecule has 17 heavy (non-hydrogen) atoms. The van der Waals surface area contributed by atoms with Crippen molar-refractivity contribution in [2.24, 2.45) is 11.3 Å². The Kier molecular flexibility index (Phi) is 3.39. The highest BCUT2D eigenvalue weighted by Crippen LogP contribution is 2.41. The minimum absolute atomic E-state index is 0.0424. The first kappa shape index (κ1) is 12.4. The molecular weight excluding hydrogens is 214 g/mol. The van der Waals surface area contributed by atoms with Crippen LogP contribution in [0.1, 0.15) is 25.7 Å². The molecule has 4 heteroatoms. The van der Waals surface area contributed by atoms with Crippen LogP contribution in [0.4, 0.5) is 0 Å². The first-order valence-corrected chi connectivity index (χ1v) is 6.43. The van der Waals surface area contributed by atoms with Crippen molar-refractivity contribution in [1.29, 1.82) is 5.26 Å². The number of rotatable bonds is 3. The largest absolute Gasteiger partial charge is 0.344 e. The molecule has 0 N–H and O–H groups in total. The van der Waals surface area contributed by atoms with Gasteiger partial charge in [0.2, 0.25) is 5.91 Å². The fourth-order valence-electron chi connectivity index (χ4n) is 2.91. The maximum Gasteiger partial charge on any atom is 0.242 e. The molecule has 1 aliphatic heterocycles. The molecule has 1 heterocycles. The number of likely N-dealkylation sites (tertiary alicyclic amines) is 1. The van der Waals surface area contributed by atoms with Gasteiger partial charge < -0.3 is 9.80 Å². The summed E-state index contributed by atoms with van der Waals surface area (Å²) < 4.78 is 0. The average molecular weight is 235 g/mol. The summed E-state index contributed by atoms with van der Waals surface area (Å²) >= 11 is 0. The first-order chi connectivity index (χ1) is 8.07. The standard InChI is InChI=1S/C13H21N3O/c1-15-7-4-11(8-15)9-16(2)12(17)13(10-14)5-3-6-13/h11H,3-9H2,1-2H3. The molecule has 0 aromatic carbocycles. The number of hydrogen-bond donors (Lipinski definition) is 0. The van der Waals surface area contributed by atoms with Crippen LogP contribution in [-0.2, 0) is 4.79 Å². The maximum absolute atomic E-state index is 12.2. The van der Waals surface area contributed by atoms with E-state index in [0.29, 0.717) is 5.92 Å². The van der Waals surface area contributed by atoms with E-state index in [4.69, 9.17) is 5.26 Å². The zero-order valence-electron chi connectivity index (χ0n) is 10.8. The Morgan fingerprint density at radius 1 is 1.59 bits per heavy atom. The molecule has 1 atom stereocenters. The summed E-state index contributed by atoms with van der Waals surface area (Å²) in [6.45, 7) is 2.99. The van der Waals surface area contributed by atoms with Crippen molar-refractivity contribution in [3.8, 4) is 6.07 Å². The van der Waals surface area contributed by atoms with E-state index in [-0.39, 0.29) is 5.91 Å². The molecule has 1 unspecified atom stereocenters. The van der Waals surface area contributed by atoms with Gasteiger partial charge in [0.05, 0.1) is 6.07 Å². The molecule has 2 aliphatic rings. The SMILES string of the molecule is CN1CCC(CN(C)C(=O)C2(C#N)CCC2)C1. The quantitative estimate of drug-likeness (QED) is 0.735. The van der Waals surface area contributed by atoms with Gasteiger partial charge in [-0.3, -0.25) is 4.79 Å². The van der Waals surface area contributed by atoms with Crippen molar-refractivity contribution >= 4 is 5.91 Å². The van der Waals surface area contributed by atoms with Gasteiger partial charge in [0, 0.05) is 20.1 Å². The van der Waals surface area contributed by atoms with Gasteiger partial charge in [0.1, 0.15) is 5.41 Å². The third-order valence-electron chi connectivity index (χ3n) is 4.20. The smallest absolute Gasteiger partial charge is 0.242 e. The summed E-state index contributed by atoms with van der Waals surface area (Å²) in [5.41, 5.74) is -0.681. The fraction of sp³-hybridized carbons (Fsp3) is 0.846. The van der Waals surface area contributed by atoms with Gasteiger partial charge in [-0.15, -0.1) is 0 Å². The second kappa shape index (κ2) is 4.66. The Morgan fingerprint density at radius 3 is 2.71 bits per heavy atom. The monoisotopic (exact) mass is 235 g/mol. The number of hydrogen-bond acceptors (Lipinski definition) is 3. The number of carbonyl (C=O) groups excluding carboxylic acids is 1. The normalized spacial score (nSPS) is 27.2. The summed E-state index contributed by atoms with van der Waals surface area (Å²) in [4.78, 5) is 16.3. The van der Waals surface area contributed by atoms with Gasteiger partial charge in [0.15, 0.2) is 0 Å². The van der Waals surface area contributed by atoms with Crippen molar-refractivity contribution in [2.75, 3.05) is 33.7 Å². The lowest BCUT2D eigenvalue weighted by atomic mass is 9.69. The van der Waals surface area contributed by atoms with E-state index >= 15 is 0 Å². The third kappa shape index (κ3) is 2.30. The summed E-state index contributed by atoms with van der Waals surface area (Å²) in [6, 6.07) is 2.23. The maximum atomic E-state index is 12.2. The molecule has 1 aliphatic carbocycles. The zero-order valence-corrected chi connectivity index (χ0v) is 10.8. The number of nitrogens with zero attached hydrogens (tertiary/aromatic N) is 3. The third-order valence-corrected chi connectivity index (χ3v) is 4.20. The fourth-order valence-corrected chi connectivity index (χ4v) is 2.91. The van der Waals surface area contributed by atoms with E-state index in [2.05, 4.69) is 18.0 Å². The van der Waals surface area contributed by atoms with Crippen LogP contribution in [-0.4, -0.2) is 49.4 Å². The number of carbonyl (C=O) groups is 1. The van der Waals surface area contributed by atoms with Gasteiger partial charge in [-0.2, -0.15) is 5.26 Å². The van der Waals surface area contributed by atoms with Crippen LogP contribution in [0.15, 0.2) is 0 Å². The second-order valence-corrected chi connectivity index (χ2v) is 5.65. The molecule has 0 aromatic rings. The molecule has 1 saturated heterocycles. The molecule has 4 nitrogen and oxygen atoms in total. The molecular formula is C13H21N3O. The highest BCUT2D eigenvalue weighted by molar-refractivity contribution is 5.86. The van der Waals surface area contributed by atoms with Crippen LogP contribution in [0.2, 0.25) is 0 Å². The first-order valence-electron chi connectivity index (χ1n) is 6.43. The summed E-state index contributed by atoms with van der Waals surface area (Å²) in [5, 5.41) is 9.15. The van der Waals surface area contributed by atoms with Crippen molar-refractivity contribution in [3.05, 3.63) is 0 Å². The Morgan fingerprint density at radius 2 is 2.29 bits per heavy atom. The summed E-state index contributed by atoms with van der Waals surface area (Å²) in [5.74, 6) is 0.616. The molecule has 1 saturated carbocycles. The van der Waals surface area contributed by atoms with Gasteiger partial charge in [0.25, 0.3) is 0 Å². The van der Waals surface area contributed by atoms with E-state index in [1.165, 1.54) is 0 Å². The lowest BCUT2D eigenvalue weighted by molar-refractivity contribution is -0.142. The topological polar surface area (TPSA) is 47.3 Å². The summed E-state index contributed by atoms with van der Waals surface area (Å²) in [6.07, 6.45) is 3.67. The second-order valence-electron chi connectivity index (χ2n) is 5.65. The van der Waals surface area contributed by atoms with Crippen molar-refractivity contribution < 1.29 is 4.79 Å². The zero-order chi connectivity index (χ0) is 12.5. The molecule has 0 bridgehead atoms. The van der Waals surface area contributed by atoms with Gasteiger partial charge >= 0.3 is 0 Å². The number of amides is 1. The van der Waals surface area contributed by atoms with E-state index in [9.17, 15) is 4.79 Å². The molecule has 2 fully saturated rings. The van der Waals surface area contributed by atoms with Crippen LogP contribution in [0.25, 0.3) is 0 Å². The van der Waals surface area contributed by atoms with Crippen molar-refractivity contribution in [2.45, 2.75) is 25.7 Å². The molecule has 0 aromatic heterocycles. The van der Waals surface area contributed by atoms with Gasteiger partial charge in [-0.05, 0) is 45.2 Å². The van der Waals surface area contributed by atoms with E-state index < -0.39 is 5.41 Å². The summed E-state index contributed by atoms with van der Waals surface area (Å²) in [7, 11) is 3.96. The molecule has 1 amide bonds. The van der Waals surface area contributed by atoms with Crippen LogP contribution in [0.3, 0.4) is 0 Å². The Labute approximate surface area is 103 Å². The van der Waals surface area contributed by atoms with Crippen molar-refractivity contribution in [1.82, 2.24) is 9.80 Å². The van der Waals surface area contributed by atoms with Crippen molar-refractivity contribution in [3.63, 3.8) is 0 Å². The van der Waals surface area contributed by atoms with E-state index in [1.807, 2.05) is 7.05 Å². The molecule has 0 spiro atoms. The van der Waals surface area contributed by atoms with Crippen LogP contribution < -0.4 is 0 Å². The lowest BCUT2D eigenvalue weighted by Gasteiger charge is -2.37. The van der Waals surface area contributed by atoms with Crippen LogP contribution in [0.5, 0.6) is 0 Å². The Balaban J connectivity index is 1.89. The van der Waals surface area contributed by atoms with Crippen LogP contribution in [0, 0.1) is 22.7 Å². The van der Waals surface area contributed by atoms with Gasteiger partial charge in [-0.1, -0.05) is 0 Å². The predicted molar refractivity (Wildman–Crippen MR) is 65.1 cm³/mol. The Hall–Kier alpha value is -1.08. The van der Waals surface area contributed by atoms with Gasteiger partial charge in [-0.25, -0.2) is 0 Å². The molecule has 2 rings (SSSR count). The van der Waals surface area contributed by atoms with E-state index in [1.54, 1.807) is 4.90 Å². The number of nitriles is 1. The van der Waals surface area contributed by atoms with Crippen LogP contribution >= 0.6 is 0 Å². The van der Waals surface area contributed by atoms with E-state index in [0.717, 1.165) is 45.3 Å². The molecule has 94 valence electrons. The highest BCUT2D eigenvalue weighted by Gasteiger charge is 2.46. The highest BCUT2D eigenvalue weighted by atomic mass is 16.2. The molecule has 0 radical (unpaired) electrons. The Bertz CT molecular complexity index is 343. The minimum Gasteiger partial charge on any atom is -0.344 e. The minimum atomic E-state index is -0.681. The lowest BCUT2D eigenvalue weighted by Crippen LogP contribution is -2.47. The predicted octanol–water partition coefficient (Wildman–Crippen LogP) is 1.09. The average Bonchev–Trinajstić information content (AvgIpc) is 2.63.